The fraction of sp³-hybridized carbons (Fsp3) is 1.00. The molecule has 4 aliphatic carbocycles. The Hall–Kier alpha value is 0. The molecule has 0 heteroatoms. The van der Waals surface area contributed by atoms with Crippen LogP contribution in [0, 0.1) is 70.0 Å². The average Bonchev–Trinajstić information content (AvgIpc) is 3.04. The van der Waals surface area contributed by atoms with Gasteiger partial charge in [-0.3, -0.25) is 0 Å². The Labute approximate surface area is 189 Å². The molecule has 0 unspecified atom stereocenters. The van der Waals surface area contributed by atoms with Gasteiger partial charge in [-0.25, -0.2) is 0 Å². The van der Waals surface area contributed by atoms with Crippen LogP contribution in [0.25, 0.3) is 0 Å². The lowest BCUT2D eigenvalue weighted by atomic mass is 9.43. The summed E-state index contributed by atoms with van der Waals surface area (Å²) >= 11 is 0. The summed E-state index contributed by atoms with van der Waals surface area (Å²) in [7, 11) is 0. The topological polar surface area (TPSA) is 0 Å². The summed E-state index contributed by atoms with van der Waals surface area (Å²) in [6.07, 6.45) is 15.3. The van der Waals surface area contributed by atoms with Crippen LogP contribution in [0.1, 0.15) is 120 Å². The second-order valence-electron chi connectivity index (χ2n) is 14.0. The zero-order valence-electron chi connectivity index (χ0n) is 21.8. The van der Waals surface area contributed by atoms with Crippen LogP contribution in [-0.2, 0) is 0 Å². The summed E-state index contributed by atoms with van der Waals surface area (Å²) in [5.74, 6) is 9.61. The molecule has 0 aromatic carbocycles. The maximum atomic E-state index is 2.76. The maximum Gasteiger partial charge on any atom is -0.0264 e. The van der Waals surface area contributed by atoms with Crippen LogP contribution < -0.4 is 0 Å². The van der Waals surface area contributed by atoms with E-state index in [1.165, 1.54) is 32.1 Å². The van der Waals surface area contributed by atoms with E-state index in [2.05, 4.69) is 55.4 Å². The number of hydrogen-bond acceptors (Lipinski definition) is 0. The molecular weight excluding hydrogens is 360 g/mol. The predicted molar refractivity (Wildman–Crippen MR) is 131 cm³/mol. The lowest BCUT2D eigenvalue weighted by Gasteiger charge is -2.62. The largest absolute Gasteiger partial charge is 0.0625 e. The molecule has 0 N–H and O–H groups in total. The molecule has 0 aromatic rings. The highest BCUT2D eigenvalue weighted by Gasteiger charge is 2.60. The Kier molecular flexibility index (Phi) is 6.49. The molecule has 0 heterocycles. The first kappa shape index (κ1) is 23.2. The second kappa shape index (κ2) is 8.41. The molecular formula is C30H54. The minimum absolute atomic E-state index is 0.644. The quantitative estimate of drug-likeness (QED) is 0.420. The second-order valence-corrected chi connectivity index (χ2v) is 14.0. The third-order valence-corrected chi connectivity index (χ3v) is 12.5. The molecule has 0 amide bonds. The first-order valence-corrected chi connectivity index (χ1v) is 14.1. The molecule has 11 atom stereocenters. The van der Waals surface area contributed by atoms with E-state index in [1.807, 2.05) is 0 Å². The van der Waals surface area contributed by atoms with Crippen molar-refractivity contribution in [3.63, 3.8) is 0 Å². The van der Waals surface area contributed by atoms with Gasteiger partial charge in [0.05, 0.1) is 0 Å². The Morgan fingerprint density at radius 2 is 1.40 bits per heavy atom. The molecule has 0 aromatic heterocycles. The molecule has 174 valence electrons. The van der Waals surface area contributed by atoms with Crippen molar-refractivity contribution in [1.29, 1.82) is 0 Å². The van der Waals surface area contributed by atoms with E-state index >= 15 is 0 Å². The first-order chi connectivity index (χ1) is 14.1. The molecule has 4 fully saturated rings. The van der Waals surface area contributed by atoms with Crippen molar-refractivity contribution in [1.82, 2.24) is 0 Å². The van der Waals surface area contributed by atoms with Crippen molar-refractivity contribution in [2.75, 3.05) is 0 Å². The minimum Gasteiger partial charge on any atom is -0.0625 e. The Morgan fingerprint density at radius 1 is 0.733 bits per heavy atom. The molecule has 0 aliphatic heterocycles. The molecule has 4 aliphatic rings. The average molecular weight is 415 g/mol. The highest BCUT2D eigenvalue weighted by atomic mass is 14.7. The third kappa shape index (κ3) is 3.63. The smallest absolute Gasteiger partial charge is 0.0264 e. The summed E-state index contributed by atoms with van der Waals surface area (Å²) < 4.78 is 0. The van der Waals surface area contributed by atoms with Gasteiger partial charge in [0.15, 0.2) is 0 Å². The van der Waals surface area contributed by atoms with Crippen molar-refractivity contribution in [2.45, 2.75) is 120 Å². The van der Waals surface area contributed by atoms with E-state index in [-0.39, 0.29) is 0 Å². The Morgan fingerprint density at radius 3 is 2.10 bits per heavy atom. The first-order valence-electron chi connectivity index (χ1n) is 14.1. The van der Waals surface area contributed by atoms with Crippen LogP contribution >= 0.6 is 0 Å². The molecule has 0 radical (unpaired) electrons. The normalized spacial score (nSPS) is 49.1. The zero-order valence-corrected chi connectivity index (χ0v) is 21.8. The van der Waals surface area contributed by atoms with Crippen molar-refractivity contribution < 1.29 is 0 Å². The number of rotatable bonds is 5. The maximum absolute atomic E-state index is 2.76. The van der Waals surface area contributed by atoms with Gasteiger partial charge in [0.1, 0.15) is 0 Å². The number of fused-ring (bicyclic) bond motifs is 5. The van der Waals surface area contributed by atoms with Gasteiger partial charge in [0.25, 0.3) is 0 Å². The van der Waals surface area contributed by atoms with Crippen LogP contribution in [0.3, 0.4) is 0 Å². The summed E-state index contributed by atoms with van der Waals surface area (Å²) in [5, 5.41) is 0. The molecule has 0 bridgehead atoms. The van der Waals surface area contributed by atoms with Crippen LogP contribution in [0.5, 0.6) is 0 Å². The minimum atomic E-state index is 0.644. The Bertz CT molecular complexity index is 591. The van der Waals surface area contributed by atoms with Crippen LogP contribution in [0.4, 0.5) is 0 Å². The third-order valence-electron chi connectivity index (χ3n) is 12.5. The lowest BCUT2D eigenvalue weighted by Crippen LogP contribution is -2.54. The summed E-state index contributed by atoms with van der Waals surface area (Å²) in [6, 6.07) is 0. The lowest BCUT2D eigenvalue weighted by molar-refractivity contribution is -0.127. The van der Waals surface area contributed by atoms with Gasteiger partial charge in [-0.05, 0) is 121 Å². The van der Waals surface area contributed by atoms with Crippen LogP contribution in [0.2, 0.25) is 0 Å². The van der Waals surface area contributed by atoms with Crippen LogP contribution in [0.15, 0.2) is 0 Å². The summed E-state index contributed by atoms with van der Waals surface area (Å²) in [6.45, 7) is 20.6. The van der Waals surface area contributed by atoms with Gasteiger partial charge in [-0.2, -0.15) is 0 Å². The SMILES string of the molecule is CC(C)[C@@H](C)[C@@H](C)C[C@@H](C)[C@H]1CC[C@H]2[C@@H]3CC[C@H]4[C@H](C)CCC[C@]4(C)[C@H]3CC[C@]12C. The Balaban J connectivity index is 1.49. The van der Waals surface area contributed by atoms with E-state index in [4.69, 9.17) is 0 Å². The molecule has 0 saturated heterocycles. The van der Waals surface area contributed by atoms with Gasteiger partial charge in [0, 0.05) is 0 Å². The van der Waals surface area contributed by atoms with Gasteiger partial charge in [-0.1, -0.05) is 68.2 Å². The number of hydrogen-bond donors (Lipinski definition) is 0. The summed E-state index contributed by atoms with van der Waals surface area (Å²) in [4.78, 5) is 0. The fourth-order valence-corrected chi connectivity index (χ4v) is 10.4. The predicted octanol–water partition coefficient (Wildman–Crippen LogP) is 9.24. The van der Waals surface area contributed by atoms with Gasteiger partial charge >= 0.3 is 0 Å². The highest BCUT2D eigenvalue weighted by molar-refractivity contribution is 5.09. The van der Waals surface area contributed by atoms with Crippen molar-refractivity contribution >= 4 is 0 Å². The van der Waals surface area contributed by atoms with E-state index < -0.39 is 0 Å². The fourth-order valence-electron chi connectivity index (χ4n) is 10.4. The molecule has 4 saturated carbocycles. The van der Waals surface area contributed by atoms with Gasteiger partial charge in [-0.15, -0.1) is 0 Å². The van der Waals surface area contributed by atoms with E-state index in [1.54, 1.807) is 32.1 Å². The highest BCUT2D eigenvalue weighted by Crippen LogP contribution is 2.69. The monoisotopic (exact) mass is 414 g/mol. The summed E-state index contributed by atoms with van der Waals surface area (Å²) in [5.41, 5.74) is 1.32. The van der Waals surface area contributed by atoms with Gasteiger partial charge < -0.3 is 0 Å². The molecule has 30 heavy (non-hydrogen) atoms. The van der Waals surface area contributed by atoms with E-state index in [0.29, 0.717) is 10.8 Å². The van der Waals surface area contributed by atoms with E-state index in [9.17, 15) is 0 Å². The zero-order chi connectivity index (χ0) is 21.8. The van der Waals surface area contributed by atoms with Crippen molar-refractivity contribution in [3.05, 3.63) is 0 Å². The van der Waals surface area contributed by atoms with Crippen molar-refractivity contribution in [2.24, 2.45) is 70.0 Å². The van der Waals surface area contributed by atoms with Crippen LogP contribution in [-0.4, -0.2) is 0 Å². The molecule has 0 spiro atoms. The molecule has 4 rings (SSSR count). The van der Waals surface area contributed by atoms with Gasteiger partial charge in [0.2, 0.25) is 0 Å². The van der Waals surface area contributed by atoms with E-state index in [0.717, 1.165) is 59.2 Å². The van der Waals surface area contributed by atoms with Crippen molar-refractivity contribution in [3.8, 4) is 0 Å². The standard InChI is InChI=1S/C30H54/c1-19(2)23(6)21(4)18-22(5)26-13-14-27-24-11-12-25-20(3)10-9-16-29(25,7)28(24)15-17-30(26,27)8/h19-28H,9-18H2,1-8H3/t20-,21+,22-,23-,24+,25+,26-,27+,28+,29+,30-/m1/s1. The molecule has 0 nitrogen and oxygen atoms in total.